The number of aromatic nitrogens is 4. The molecule has 0 spiro atoms. The molecule has 3 aromatic heterocycles. The van der Waals surface area contributed by atoms with Crippen LogP contribution in [0.4, 0.5) is 24.7 Å². The standard InChI is InChI=1S/C23H14F3N5O/c1-14-5-7-19-21(18(14)8-6-17-12-28-20-13-27-9-10-31(17)20)32-30-22(19)29-16-4-2-3-15(11-16)23(24,25)26/h2-5,7,9-13H,1H3,(H,29,30). The lowest BCUT2D eigenvalue weighted by Gasteiger charge is -2.09. The molecule has 9 heteroatoms. The Morgan fingerprint density at radius 1 is 1.09 bits per heavy atom. The van der Waals surface area contributed by atoms with Gasteiger partial charge in [0.2, 0.25) is 0 Å². The Hall–Kier alpha value is -4.32. The molecule has 3 heterocycles. The fourth-order valence-electron chi connectivity index (χ4n) is 3.32. The van der Waals surface area contributed by atoms with Crippen LogP contribution in [0.5, 0.6) is 0 Å². The van der Waals surface area contributed by atoms with E-state index in [0.29, 0.717) is 33.7 Å². The molecule has 0 saturated heterocycles. The van der Waals surface area contributed by atoms with E-state index in [1.165, 1.54) is 12.1 Å². The Bertz CT molecular complexity index is 1520. The minimum Gasteiger partial charge on any atom is -0.353 e. The normalized spacial score (nSPS) is 11.5. The van der Waals surface area contributed by atoms with E-state index in [1.54, 1.807) is 30.9 Å². The van der Waals surface area contributed by atoms with Crippen molar-refractivity contribution < 1.29 is 17.7 Å². The molecule has 158 valence electrons. The first-order valence-electron chi connectivity index (χ1n) is 9.52. The van der Waals surface area contributed by atoms with Gasteiger partial charge in [-0.1, -0.05) is 23.2 Å². The van der Waals surface area contributed by atoms with Crippen LogP contribution in [0.25, 0.3) is 16.6 Å². The zero-order chi connectivity index (χ0) is 22.3. The summed E-state index contributed by atoms with van der Waals surface area (Å²) in [7, 11) is 0. The fraction of sp³-hybridized carbons (Fsp3) is 0.0870. The van der Waals surface area contributed by atoms with Gasteiger partial charge in [-0.05, 0) is 42.7 Å². The molecule has 6 nitrogen and oxygen atoms in total. The van der Waals surface area contributed by atoms with Crippen molar-refractivity contribution in [3.63, 3.8) is 0 Å². The maximum Gasteiger partial charge on any atom is 0.416 e. The van der Waals surface area contributed by atoms with Crippen molar-refractivity contribution >= 4 is 28.1 Å². The van der Waals surface area contributed by atoms with Crippen molar-refractivity contribution in [3.05, 3.63) is 83.6 Å². The van der Waals surface area contributed by atoms with Crippen molar-refractivity contribution in [2.45, 2.75) is 13.1 Å². The van der Waals surface area contributed by atoms with E-state index in [9.17, 15) is 13.2 Å². The lowest BCUT2D eigenvalue weighted by Crippen LogP contribution is -2.05. The van der Waals surface area contributed by atoms with Crippen LogP contribution in [0.1, 0.15) is 22.4 Å². The monoisotopic (exact) mass is 433 g/mol. The predicted octanol–water partition coefficient (Wildman–Crippen LogP) is 5.34. The van der Waals surface area contributed by atoms with Crippen LogP contribution in [0.2, 0.25) is 0 Å². The molecule has 0 bridgehead atoms. The quantitative estimate of drug-likeness (QED) is 0.381. The summed E-state index contributed by atoms with van der Waals surface area (Å²) in [6.07, 6.45) is 2.27. The SMILES string of the molecule is Cc1ccc2c(Nc3cccc(C(F)(F)F)c3)noc2c1C#Cc1cnc2cnccn12. The summed E-state index contributed by atoms with van der Waals surface area (Å²) in [5.41, 5.74) is 2.82. The van der Waals surface area contributed by atoms with Crippen LogP contribution in [0.3, 0.4) is 0 Å². The molecule has 0 unspecified atom stereocenters. The van der Waals surface area contributed by atoms with Gasteiger partial charge in [0, 0.05) is 18.1 Å². The summed E-state index contributed by atoms with van der Waals surface area (Å²) < 4.78 is 46.4. The van der Waals surface area contributed by atoms with Crippen molar-refractivity contribution in [1.29, 1.82) is 0 Å². The van der Waals surface area contributed by atoms with Crippen LogP contribution in [-0.2, 0) is 6.18 Å². The molecule has 5 rings (SSSR count). The average molecular weight is 433 g/mol. The molecule has 32 heavy (non-hydrogen) atoms. The minimum absolute atomic E-state index is 0.252. The van der Waals surface area contributed by atoms with E-state index in [0.717, 1.165) is 17.7 Å². The Morgan fingerprint density at radius 3 is 2.81 bits per heavy atom. The van der Waals surface area contributed by atoms with Gasteiger partial charge >= 0.3 is 6.18 Å². The van der Waals surface area contributed by atoms with E-state index in [1.807, 2.05) is 17.4 Å². The van der Waals surface area contributed by atoms with Gasteiger partial charge in [-0.2, -0.15) is 13.2 Å². The van der Waals surface area contributed by atoms with Gasteiger partial charge in [-0.3, -0.25) is 9.38 Å². The van der Waals surface area contributed by atoms with Crippen molar-refractivity contribution in [2.24, 2.45) is 0 Å². The molecule has 0 aliphatic rings. The number of aryl methyl sites for hydroxylation is 1. The number of hydrogen-bond acceptors (Lipinski definition) is 5. The smallest absolute Gasteiger partial charge is 0.353 e. The third kappa shape index (κ3) is 3.52. The van der Waals surface area contributed by atoms with Crippen LogP contribution in [0.15, 0.2) is 65.7 Å². The minimum atomic E-state index is -4.43. The number of benzene rings is 2. The van der Waals surface area contributed by atoms with Gasteiger partial charge in [0.15, 0.2) is 17.0 Å². The van der Waals surface area contributed by atoms with Crippen LogP contribution >= 0.6 is 0 Å². The first-order chi connectivity index (χ1) is 15.4. The second-order valence-corrected chi connectivity index (χ2v) is 7.07. The summed E-state index contributed by atoms with van der Waals surface area (Å²) in [5.74, 6) is 6.51. The van der Waals surface area contributed by atoms with E-state index < -0.39 is 11.7 Å². The fourth-order valence-corrected chi connectivity index (χ4v) is 3.32. The highest BCUT2D eigenvalue weighted by Crippen LogP contribution is 2.33. The molecular weight excluding hydrogens is 419 g/mol. The number of alkyl halides is 3. The van der Waals surface area contributed by atoms with Gasteiger partial charge in [0.25, 0.3) is 0 Å². The topological polar surface area (TPSA) is 68.2 Å². The summed E-state index contributed by atoms with van der Waals surface area (Å²) in [4.78, 5) is 8.29. The summed E-state index contributed by atoms with van der Waals surface area (Å²) in [6.45, 7) is 1.89. The Morgan fingerprint density at radius 2 is 1.97 bits per heavy atom. The number of nitrogens with zero attached hydrogens (tertiary/aromatic N) is 4. The maximum atomic E-state index is 13.0. The van der Waals surface area contributed by atoms with Crippen molar-refractivity contribution in [2.75, 3.05) is 5.32 Å². The number of rotatable bonds is 2. The summed E-state index contributed by atoms with van der Waals surface area (Å²) in [6, 6.07) is 8.56. The second-order valence-electron chi connectivity index (χ2n) is 7.07. The highest BCUT2D eigenvalue weighted by Gasteiger charge is 2.30. The van der Waals surface area contributed by atoms with Crippen molar-refractivity contribution in [3.8, 4) is 11.8 Å². The van der Waals surface area contributed by atoms with Gasteiger partial charge in [0.1, 0.15) is 5.69 Å². The molecule has 0 saturated carbocycles. The second kappa shape index (κ2) is 7.42. The summed E-state index contributed by atoms with van der Waals surface area (Å²) >= 11 is 0. The number of nitrogens with one attached hydrogen (secondary N) is 1. The lowest BCUT2D eigenvalue weighted by atomic mass is 10.1. The third-order valence-corrected chi connectivity index (χ3v) is 4.93. The van der Waals surface area contributed by atoms with Gasteiger partial charge in [-0.15, -0.1) is 0 Å². The number of anilines is 2. The molecule has 1 N–H and O–H groups in total. The summed E-state index contributed by atoms with van der Waals surface area (Å²) in [5, 5.41) is 7.53. The average Bonchev–Trinajstić information content (AvgIpc) is 3.37. The number of fused-ring (bicyclic) bond motifs is 2. The zero-order valence-electron chi connectivity index (χ0n) is 16.6. The Kier molecular flexibility index (Phi) is 4.56. The number of hydrogen-bond donors (Lipinski definition) is 1. The van der Waals surface area contributed by atoms with Crippen molar-refractivity contribution in [1.82, 2.24) is 19.5 Å². The highest BCUT2D eigenvalue weighted by molar-refractivity contribution is 5.94. The number of halogens is 3. The van der Waals surface area contributed by atoms with Crippen LogP contribution in [-0.4, -0.2) is 19.5 Å². The van der Waals surface area contributed by atoms with E-state index in [4.69, 9.17) is 4.52 Å². The predicted molar refractivity (Wildman–Crippen MR) is 112 cm³/mol. The molecule has 0 radical (unpaired) electrons. The lowest BCUT2D eigenvalue weighted by molar-refractivity contribution is -0.137. The van der Waals surface area contributed by atoms with E-state index >= 15 is 0 Å². The first-order valence-corrected chi connectivity index (χ1v) is 9.52. The largest absolute Gasteiger partial charge is 0.416 e. The molecule has 0 atom stereocenters. The molecule has 0 amide bonds. The van der Waals surface area contributed by atoms with Crippen LogP contribution in [0, 0.1) is 18.8 Å². The molecule has 2 aromatic carbocycles. The van der Waals surface area contributed by atoms with Crippen LogP contribution < -0.4 is 5.32 Å². The first kappa shape index (κ1) is 19.6. The number of imidazole rings is 1. The van der Waals surface area contributed by atoms with E-state index in [2.05, 4.69) is 32.3 Å². The maximum absolute atomic E-state index is 13.0. The Balaban J connectivity index is 1.53. The molecular formula is C23H14F3N5O. The zero-order valence-corrected chi connectivity index (χ0v) is 16.6. The molecule has 0 fully saturated rings. The Labute approximate surface area is 179 Å². The van der Waals surface area contributed by atoms with Gasteiger partial charge < -0.3 is 9.84 Å². The molecule has 0 aliphatic carbocycles. The molecule has 5 aromatic rings. The van der Waals surface area contributed by atoms with E-state index in [-0.39, 0.29) is 5.69 Å². The molecule has 0 aliphatic heterocycles. The van der Waals surface area contributed by atoms with Gasteiger partial charge in [0.05, 0.1) is 28.9 Å². The third-order valence-electron chi connectivity index (χ3n) is 4.93. The highest BCUT2D eigenvalue weighted by atomic mass is 19.4. The van der Waals surface area contributed by atoms with Gasteiger partial charge in [-0.25, -0.2) is 4.98 Å².